The Hall–Kier alpha value is -2.76. The molecule has 1 aliphatic heterocycles. The number of hydrogen-bond acceptors (Lipinski definition) is 5. The van der Waals surface area contributed by atoms with E-state index in [2.05, 4.69) is 10.3 Å². The molecule has 0 spiro atoms. The molecule has 0 saturated carbocycles. The van der Waals surface area contributed by atoms with Crippen LogP contribution in [0.25, 0.3) is 0 Å². The minimum atomic E-state index is 0.0435. The summed E-state index contributed by atoms with van der Waals surface area (Å²) in [5.41, 5.74) is 1.58. The molecule has 0 aliphatic carbocycles. The highest BCUT2D eigenvalue weighted by Crippen LogP contribution is 2.26. The Kier molecular flexibility index (Phi) is 5.94. The highest BCUT2D eigenvalue weighted by atomic mass is 16.5. The summed E-state index contributed by atoms with van der Waals surface area (Å²) < 4.78 is 10.7. The van der Waals surface area contributed by atoms with Gasteiger partial charge in [-0.15, -0.1) is 0 Å². The summed E-state index contributed by atoms with van der Waals surface area (Å²) in [6, 6.07) is 9.31. The molecule has 0 bridgehead atoms. The minimum absolute atomic E-state index is 0.0435. The van der Waals surface area contributed by atoms with E-state index in [9.17, 15) is 4.79 Å². The van der Waals surface area contributed by atoms with Crippen LogP contribution in [0.1, 0.15) is 35.2 Å². The molecule has 0 unspecified atom stereocenters. The maximum absolute atomic E-state index is 12.8. The Labute approximate surface area is 154 Å². The van der Waals surface area contributed by atoms with Crippen molar-refractivity contribution in [2.75, 3.05) is 32.6 Å². The molecule has 6 heteroatoms. The quantitative estimate of drug-likeness (QED) is 0.861. The number of benzene rings is 1. The number of aromatic nitrogens is 1. The summed E-state index contributed by atoms with van der Waals surface area (Å²) in [5.74, 6) is 2.11. The Morgan fingerprint density at radius 1 is 1.15 bits per heavy atom. The van der Waals surface area contributed by atoms with Crippen LogP contribution in [0, 0.1) is 0 Å². The number of nitrogens with zero attached hydrogens (tertiary/aromatic N) is 2. The third-order valence-electron chi connectivity index (χ3n) is 4.62. The van der Waals surface area contributed by atoms with Gasteiger partial charge in [0.05, 0.1) is 19.8 Å². The van der Waals surface area contributed by atoms with Gasteiger partial charge in [0.2, 0.25) is 0 Å². The normalized spacial score (nSPS) is 14.0. The van der Waals surface area contributed by atoms with Crippen LogP contribution in [0.5, 0.6) is 11.5 Å². The number of carbonyl (C=O) groups excluding carboxylic acids is 1. The first-order valence-corrected chi connectivity index (χ1v) is 8.92. The summed E-state index contributed by atoms with van der Waals surface area (Å²) in [7, 11) is 3.25. The topological polar surface area (TPSA) is 63.7 Å². The van der Waals surface area contributed by atoms with Crippen molar-refractivity contribution in [3.63, 3.8) is 0 Å². The van der Waals surface area contributed by atoms with Crippen LogP contribution in [0.2, 0.25) is 0 Å². The number of piperidine rings is 1. The fraction of sp³-hybridized carbons (Fsp3) is 0.400. The first kappa shape index (κ1) is 18.0. The number of methoxy groups -OCH3 is 2. The van der Waals surface area contributed by atoms with Crippen molar-refractivity contribution in [2.24, 2.45) is 0 Å². The van der Waals surface area contributed by atoms with Crippen molar-refractivity contribution < 1.29 is 14.3 Å². The molecule has 26 heavy (non-hydrogen) atoms. The molecule has 1 saturated heterocycles. The Morgan fingerprint density at radius 3 is 2.69 bits per heavy atom. The SMILES string of the molecule is COc1ccc(CNc2ncccc2C(=O)N2CCCCC2)c(OC)c1. The number of ether oxygens (including phenoxy) is 2. The lowest BCUT2D eigenvalue weighted by atomic mass is 10.1. The summed E-state index contributed by atoms with van der Waals surface area (Å²) in [5, 5.41) is 3.28. The molecule has 1 aliphatic rings. The van der Waals surface area contributed by atoms with Crippen LogP contribution in [0.15, 0.2) is 36.5 Å². The highest BCUT2D eigenvalue weighted by Gasteiger charge is 2.21. The van der Waals surface area contributed by atoms with E-state index in [4.69, 9.17) is 9.47 Å². The van der Waals surface area contributed by atoms with E-state index in [1.165, 1.54) is 6.42 Å². The molecule has 0 radical (unpaired) electrons. The number of rotatable bonds is 6. The summed E-state index contributed by atoms with van der Waals surface area (Å²) in [4.78, 5) is 19.1. The molecule has 138 valence electrons. The van der Waals surface area contributed by atoms with E-state index in [-0.39, 0.29) is 5.91 Å². The van der Waals surface area contributed by atoms with Gasteiger partial charge in [0.15, 0.2) is 0 Å². The second-order valence-electron chi connectivity index (χ2n) is 6.28. The van der Waals surface area contributed by atoms with Crippen molar-refractivity contribution in [2.45, 2.75) is 25.8 Å². The molecular weight excluding hydrogens is 330 g/mol. The van der Waals surface area contributed by atoms with Crippen molar-refractivity contribution >= 4 is 11.7 Å². The largest absolute Gasteiger partial charge is 0.497 e. The number of amides is 1. The lowest BCUT2D eigenvalue weighted by molar-refractivity contribution is 0.0725. The van der Waals surface area contributed by atoms with Crippen LogP contribution in [-0.4, -0.2) is 43.1 Å². The number of carbonyl (C=O) groups is 1. The number of pyridine rings is 1. The molecule has 2 aromatic rings. The summed E-state index contributed by atoms with van der Waals surface area (Å²) in [6.07, 6.45) is 5.02. The zero-order valence-electron chi connectivity index (χ0n) is 15.3. The smallest absolute Gasteiger partial charge is 0.257 e. The van der Waals surface area contributed by atoms with Gasteiger partial charge in [0, 0.05) is 37.5 Å². The fourth-order valence-corrected chi connectivity index (χ4v) is 3.16. The second-order valence-corrected chi connectivity index (χ2v) is 6.28. The van der Waals surface area contributed by atoms with Crippen LogP contribution >= 0.6 is 0 Å². The van der Waals surface area contributed by atoms with Gasteiger partial charge >= 0.3 is 0 Å². The van der Waals surface area contributed by atoms with Crippen molar-refractivity contribution in [3.8, 4) is 11.5 Å². The molecule has 2 heterocycles. The second kappa shape index (κ2) is 8.56. The van der Waals surface area contributed by atoms with Crippen LogP contribution in [0.4, 0.5) is 5.82 Å². The van der Waals surface area contributed by atoms with Gasteiger partial charge in [-0.3, -0.25) is 4.79 Å². The average Bonchev–Trinajstić information content (AvgIpc) is 2.72. The van der Waals surface area contributed by atoms with Gasteiger partial charge in [0.1, 0.15) is 17.3 Å². The Balaban J connectivity index is 1.75. The molecular formula is C20H25N3O3. The number of likely N-dealkylation sites (tertiary alicyclic amines) is 1. The Morgan fingerprint density at radius 2 is 1.96 bits per heavy atom. The lowest BCUT2D eigenvalue weighted by Gasteiger charge is -2.27. The fourth-order valence-electron chi connectivity index (χ4n) is 3.16. The standard InChI is InChI=1S/C20H25N3O3/c1-25-16-9-8-15(18(13-16)26-2)14-22-19-17(7-6-10-21-19)20(24)23-11-4-3-5-12-23/h6-10,13H,3-5,11-12,14H2,1-2H3,(H,21,22). The summed E-state index contributed by atoms with van der Waals surface area (Å²) in [6.45, 7) is 2.14. The van der Waals surface area contributed by atoms with E-state index in [0.717, 1.165) is 43.0 Å². The van der Waals surface area contributed by atoms with Crippen LogP contribution < -0.4 is 14.8 Å². The van der Waals surface area contributed by atoms with Gasteiger partial charge < -0.3 is 19.7 Å². The van der Waals surface area contributed by atoms with Gasteiger partial charge in [-0.2, -0.15) is 0 Å². The number of nitrogens with one attached hydrogen (secondary N) is 1. The van der Waals surface area contributed by atoms with E-state index >= 15 is 0 Å². The summed E-state index contributed by atoms with van der Waals surface area (Å²) >= 11 is 0. The van der Waals surface area contributed by atoms with Crippen LogP contribution in [-0.2, 0) is 6.54 Å². The maximum atomic E-state index is 12.8. The number of anilines is 1. The van der Waals surface area contributed by atoms with Crippen molar-refractivity contribution in [1.29, 1.82) is 0 Å². The van der Waals surface area contributed by atoms with E-state index in [1.807, 2.05) is 29.2 Å². The maximum Gasteiger partial charge on any atom is 0.257 e. The molecule has 1 N–H and O–H groups in total. The monoisotopic (exact) mass is 355 g/mol. The van der Waals surface area contributed by atoms with Crippen LogP contribution in [0.3, 0.4) is 0 Å². The van der Waals surface area contributed by atoms with Gasteiger partial charge in [-0.05, 0) is 43.5 Å². The van der Waals surface area contributed by atoms with Crippen molar-refractivity contribution in [1.82, 2.24) is 9.88 Å². The Bertz CT molecular complexity index is 758. The highest BCUT2D eigenvalue weighted by molar-refractivity contribution is 5.98. The average molecular weight is 355 g/mol. The third-order valence-corrected chi connectivity index (χ3v) is 4.62. The molecule has 1 aromatic heterocycles. The molecule has 0 atom stereocenters. The first-order chi connectivity index (χ1) is 12.7. The van der Waals surface area contributed by atoms with Gasteiger partial charge in [-0.1, -0.05) is 0 Å². The zero-order chi connectivity index (χ0) is 18.4. The molecule has 1 aromatic carbocycles. The molecule has 6 nitrogen and oxygen atoms in total. The lowest BCUT2D eigenvalue weighted by Crippen LogP contribution is -2.36. The predicted octanol–water partition coefficient (Wildman–Crippen LogP) is 3.34. The van der Waals surface area contributed by atoms with E-state index in [0.29, 0.717) is 17.9 Å². The van der Waals surface area contributed by atoms with Gasteiger partial charge in [-0.25, -0.2) is 4.98 Å². The van der Waals surface area contributed by atoms with Crippen molar-refractivity contribution in [3.05, 3.63) is 47.7 Å². The molecule has 1 amide bonds. The van der Waals surface area contributed by atoms with Gasteiger partial charge in [0.25, 0.3) is 5.91 Å². The third kappa shape index (κ3) is 4.07. The molecule has 3 rings (SSSR count). The number of hydrogen-bond donors (Lipinski definition) is 1. The predicted molar refractivity (Wildman–Crippen MR) is 101 cm³/mol. The zero-order valence-corrected chi connectivity index (χ0v) is 15.3. The van der Waals surface area contributed by atoms with E-state index < -0.39 is 0 Å². The minimum Gasteiger partial charge on any atom is -0.497 e. The first-order valence-electron chi connectivity index (χ1n) is 8.92. The molecule has 1 fully saturated rings. The van der Waals surface area contributed by atoms with E-state index in [1.54, 1.807) is 26.5 Å².